The second kappa shape index (κ2) is 4.15. The molecule has 0 N–H and O–H groups in total. The Morgan fingerprint density at radius 1 is 1.12 bits per heavy atom. The zero-order chi connectivity index (χ0) is 12.7. The summed E-state index contributed by atoms with van der Waals surface area (Å²) in [4.78, 5) is 0. The van der Waals surface area contributed by atoms with Gasteiger partial charge in [-0.05, 0) is 61.7 Å². The highest BCUT2D eigenvalue weighted by Gasteiger charge is 2.39. The first-order valence-corrected chi connectivity index (χ1v) is 9.01. The van der Waals surface area contributed by atoms with Crippen LogP contribution in [0.25, 0.3) is 0 Å². The highest BCUT2D eigenvalue weighted by molar-refractivity contribution is 6.74. The van der Waals surface area contributed by atoms with Gasteiger partial charge < -0.3 is 4.43 Å². The predicted octanol–water partition coefficient (Wildman–Crippen LogP) is 4.67. The van der Waals surface area contributed by atoms with Crippen LogP contribution in [-0.4, -0.2) is 14.4 Å². The Bertz CT molecular complexity index is 342. The van der Waals surface area contributed by atoms with Gasteiger partial charge in [-0.3, -0.25) is 0 Å². The van der Waals surface area contributed by atoms with Crippen molar-refractivity contribution in [1.82, 2.24) is 0 Å². The molecule has 0 aliphatic heterocycles. The average Bonchev–Trinajstić information content (AvgIpc) is 2.31. The van der Waals surface area contributed by atoms with Crippen LogP contribution >= 0.6 is 0 Å². The molecule has 0 bridgehead atoms. The minimum absolute atomic E-state index is 0.223. The fourth-order valence-corrected chi connectivity index (χ4v) is 2.85. The van der Waals surface area contributed by atoms with E-state index in [1.165, 1.54) is 16.7 Å². The highest BCUT2D eigenvalue weighted by Crippen LogP contribution is 2.40. The standard InChI is InChI=1S/C14H26OSi/c1-10-9-13(12(3)11(10)2)15-16(7,8)14(4,5)6/h9,13H,1-8H3. The largest absolute Gasteiger partial charge is 0.407 e. The molecule has 1 unspecified atom stereocenters. The third-order valence-electron chi connectivity index (χ3n) is 4.24. The topological polar surface area (TPSA) is 9.23 Å². The van der Waals surface area contributed by atoms with Crippen LogP contribution in [0, 0.1) is 0 Å². The van der Waals surface area contributed by atoms with E-state index in [0.29, 0.717) is 0 Å². The van der Waals surface area contributed by atoms with E-state index in [9.17, 15) is 0 Å². The predicted molar refractivity (Wildman–Crippen MR) is 74.2 cm³/mol. The second-order valence-electron chi connectivity index (χ2n) is 6.46. The Morgan fingerprint density at radius 2 is 1.62 bits per heavy atom. The van der Waals surface area contributed by atoms with Gasteiger partial charge in [0.25, 0.3) is 0 Å². The normalized spacial score (nSPS) is 22.8. The Morgan fingerprint density at radius 3 is 1.94 bits per heavy atom. The fraction of sp³-hybridized carbons (Fsp3) is 0.714. The highest BCUT2D eigenvalue weighted by atomic mass is 28.4. The van der Waals surface area contributed by atoms with E-state index >= 15 is 0 Å². The van der Waals surface area contributed by atoms with E-state index in [-0.39, 0.29) is 11.1 Å². The van der Waals surface area contributed by atoms with Crippen molar-refractivity contribution in [1.29, 1.82) is 0 Å². The zero-order valence-corrected chi connectivity index (χ0v) is 13.1. The van der Waals surface area contributed by atoms with Gasteiger partial charge in [-0.15, -0.1) is 0 Å². The van der Waals surface area contributed by atoms with Gasteiger partial charge in [-0.1, -0.05) is 20.8 Å². The third-order valence-corrected chi connectivity index (χ3v) is 8.69. The third kappa shape index (κ3) is 2.49. The number of allylic oxidation sites excluding steroid dienone is 2. The molecule has 16 heavy (non-hydrogen) atoms. The van der Waals surface area contributed by atoms with Gasteiger partial charge in [0.15, 0.2) is 8.32 Å². The Hall–Kier alpha value is -0.343. The van der Waals surface area contributed by atoms with Crippen molar-refractivity contribution in [2.24, 2.45) is 0 Å². The van der Waals surface area contributed by atoms with Gasteiger partial charge in [0.1, 0.15) is 0 Å². The van der Waals surface area contributed by atoms with Gasteiger partial charge in [0, 0.05) is 0 Å². The molecule has 92 valence electrons. The fourth-order valence-electron chi connectivity index (χ4n) is 1.62. The molecule has 0 heterocycles. The first-order chi connectivity index (χ1) is 7.06. The smallest absolute Gasteiger partial charge is 0.193 e. The molecule has 2 heteroatoms. The van der Waals surface area contributed by atoms with Crippen molar-refractivity contribution in [3.63, 3.8) is 0 Å². The lowest BCUT2D eigenvalue weighted by Crippen LogP contribution is -2.43. The summed E-state index contributed by atoms with van der Waals surface area (Å²) in [5.74, 6) is 0. The number of hydrogen-bond acceptors (Lipinski definition) is 1. The average molecular weight is 238 g/mol. The van der Waals surface area contributed by atoms with Crippen LogP contribution in [0.4, 0.5) is 0 Å². The maximum Gasteiger partial charge on any atom is 0.193 e. The molecule has 1 aliphatic carbocycles. The van der Waals surface area contributed by atoms with Gasteiger partial charge in [0.05, 0.1) is 6.10 Å². The minimum atomic E-state index is -1.65. The summed E-state index contributed by atoms with van der Waals surface area (Å²) in [6, 6.07) is 0. The van der Waals surface area contributed by atoms with Crippen molar-refractivity contribution >= 4 is 8.32 Å². The molecule has 1 aliphatic rings. The van der Waals surface area contributed by atoms with Crippen LogP contribution < -0.4 is 0 Å². The lowest BCUT2D eigenvalue weighted by Gasteiger charge is -2.38. The SMILES string of the molecule is CC1=CC(O[Si](C)(C)C(C)(C)C)C(C)=C1C. The van der Waals surface area contributed by atoms with E-state index in [2.05, 4.69) is 60.7 Å². The molecule has 0 saturated heterocycles. The van der Waals surface area contributed by atoms with Gasteiger partial charge in [0.2, 0.25) is 0 Å². The molecule has 0 spiro atoms. The summed E-state index contributed by atoms with van der Waals surface area (Å²) in [5.41, 5.74) is 4.17. The number of rotatable bonds is 2. The Kier molecular flexibility index (Phi) is 3.56. The quantitative estimate of drug-likeness (QED) is 0.635. The van der Waals surface area contributed by atoms with Crippen LogP contribution in [0.2, 0.25) is 18.1 Å². The van der Waals surface area contributed by atoms with Crippen LogP contribution in [0.15, 0.2) is 22.8 Å². The molecule has 0 aromatic heterocycles. The Balaban J connectivity index is 2.86. The molecule has 0 radical (unpaired) electrons. The summed E-state index contributed by atoms with van der Waals surface area (Å²) >= 11 is 0. The first kappa shape index (κ1) is 13.7. The van der Waals surface area contributed by atoms with Crippen LogP contribution in [0.3, 0.4) is 0 Å². The molecule has 0 aromatic rings. The molecule has 0 saturated carbocycles. The molecule has 1 nitrogen and oxygen atoms in total. The molecule has 1 rings (SSSR count). The van der Waals surface area contributed by atoms with Gasteiger partial charge >= 0.3 is 0 Å². The summed E-state index contributed by atoms with van der Waals surface area (Å²) in [7, 11) is -1.65. The lowest BCUT2D eigenvalue weighted by molar-refractivity contribution is 0.258. The van der Waals surface area contributed by atoms with Crippen molar-refractivity contribution in [2.45, 2.75) is 65.8 Å². The van der Waals surface area contributed by atoms with E-state index in [0.717, 1.165) is 0 Å². The minimum Gasteiger partial charge on any atom is -0.407 e. The zero-order valence-electron chi connectivity index (χ0n) is 12.1. The maximum atomic E-state index is 6.42. The molecular weight excluding hydrogens is 212 g/mol. The summed E-state index contributed by atoms with van der Waals surface area (Å²) < 4.78 is 6.42. The molecule has 0 amide bonds. The van der Waals surface area contributed by atoms with E-state index < -0.39 is 8.32 Å². The summed E-state index contributed by atoms with van der Waals surface area (Å²) in [6.45, 7) is 18.1. The molecular formula is C14H26OSi. The summed E-state index contributed by atoms with van der Waals surface area (Å²) in [6.07, 6.45) is 2.49. The first-order valence-electron chi connectivity index (χ1n) is 6.10. The van der Waals surface area contributed by atoms with Crippen molar-refractivity contribution in [2.75, 3.05) is 0 Å². The molecule has 0 fully saturated rings. The molecule has 0 aromatic carbocycles. The monoisotopic (exact) mass is 238 g/mol. The van der Waals surface area contributed by atoms with Gasteiger partial charge in [-0.25, -0.2) is 0 Å². The van der Waals surface area contributed by atoms with Crippen molar-refractivity contribution in [3.8, 4) is 0 Å². The number of hydrogen-bond donors (Lipinski definition) is 0. The maximum absolute atomic E-state index is 6.42. The van der Waals surface area contributed by atoms with E-state index in [1.54, 1.807) is 0 Å². The van der Waals surface area contributed by atoms with Crippen LogP contribution in [0.1, 0.15) is 41.5 Å². The van der Waals surface area contributed by atoms with Crippen LogP contribution in [-0.2, 0) is 4.43 Å². The van der Waals surface area contributed by atoms with Crippen molar-refractivity contribution < 1.29 is 4.43 Å². The van der Waals surface area contributed by atoms with E-state index in [1.807, 2.05) is 0 Å². The lowest BCUT2D eigenvalue weighted by atomic mass is 10.1. The second-order valence-corrected chi connectivity index (χ2v) is 11.2. The van der Waals surface area contributed by atoms with E-state index in [4.69, 9.17) is 4.43 Å². The summed E-state index contributed by atoms with van der Waals surface area (Å²) in [5, 5.41) is 0.283. The van der Waals surface area contributed by atoms with Crippen LogP contribution in [0.5, 0.6) is 0 Å². The Labute approximate surface area is 102 Å². The molecule has 1 atom stereocenters. The van der Waals surface area contributed by atoms with Crippen molar-refractivity contribution in [3.05, 3.63) is 22.8 Å². The van der Waals surface area contributed by atoms with Gasteiger partial charge in [-0.2, -0.15) is 0 Å².